The van der Waals surface area contributed by atoms with E-state index in [1.165, 1.54) is 18.2 Å². The van der Waals surface area contributed by atoms with Crippen LogP contribution in [-0.4, -0.2) is 23.5 Å². The number of ether oxygens (including phenoxy) is 1. The minimum Gasteiger partial charge on any atom is -0.508 e. The zero-order valence-electron chi connectivity index (χ0n) is 11.6. The summed E-state index contributed by atoms with van der Waals surface area (Å²) >= 11 is 0. The number of ketones is 1. The van der Waals surface area contributed by atoms with Crippen LogP contribution < -0.4 is 0 Å². The molecule has 0 spiro atoms. The van der Waals surface area contributed by atoms with E-state index in [4.69, 9.17) is 4.74 Å². The molecule has 0 saturated carbocycles. The van der Waals surface area contributed by atoms with Crippen molar-refractivity contribution < 1.29 is 28.2 Å². The summed E-state index contributed by atoms with van der Waals surface area (Å²) in [5, 5.41) is 9.51. The van der Waals surface area contributed by atoms with Gasteiger partial charge in [0, 0.05) is 5.56 Å². The molecule has 1 N–H and O–H groups in total. The van der Waals surface area contributed by atoms with Crippen molar-refractivity contribution in [2.45, 2.75) is 6.92 Å². The van der Waals surface area contributed by atoms with E-state index in [0.717, 1.165) is 18.2 Å². The molecule has 0 aromatic heterocycles. The van der Waals surface area contributed by atoms with Gasteiger partial charge < -0.3 is 9.84 Å². The molecule has 0 aliphatic heterocycles. The molecule has 0 unspecified atom stereocenters. The van der Waals surface area contributed by atoms with E-state index in [9.17, 15) is 23.5 Å². The summed E-state index contributed by atoms with van der Waals surface area (Å²) in [6, 6.07) is 6.86. The van der Waals surface area contributed by atoms with Gasteiger partial charge >= 0.3 is 5.97 Å². The van der Waals surface area contributed by atoms with Crippen molar-refractivity contribution in [3.8, 4) is 5.75 Å². The van der Waals surface area contributed by atoms with E-state index in [0.29, 0.717) is 5.56 Å². The Balaban J connectivity index is 2.02. The Morgan fingerprint density at radius 2 is 1.73 bits per heavy atom. The fourth-order valence-electron chi connectivity index (χ4n) is 1.70. The monoisotopic (exact) mass is 306 g/mol. The normalized spacial score (nSPS) is 10.3. The lowest BCUT2D eigenvalue weighted by Crippen LogP contribution is -2.14. The molecule has 22 heavy (non-hydrogen) atoms. The lowest BCUT2D eigenvalue weighted by atomic mass is 10.1. The Morgan fingerprint density at radius 1 is 1.05 bits per heavy atom. The Kier molecular flexibility index (Phi) is 4.50. The van der Waals surface area contributed by atoms with Gasteiger partial charge in [0.1, 0.15) is 5.75 Å². The van der Waals surface area contributed by atoms with Crippen LogP contribution in [0.2, 0.25) is 0 Å². The van der Waals surface area contributed by atoms with Gasteiger partial charge in [-0.1, -0.05) is 6.07 Å². The molecule has 0 radical (unpaired) electrons. The van der Waals surface area contributed by atoms with E-state index >= 15 is 0 Å². The number of carbonyl (C=O) groups excluding carboxylic acids is 2. The standard InChI is InChI=1S/C16H12F2O4/c1-9-2-3-11(7-14(9)19)16(21)22-8-15(20)10-4-5-12(17)13(18)6-10/h2-7,19H,8H2,1H3. The lowest BCUT2D eigenvalue weighted by Gasteiger charge is -2.06. The number of benzene rings is 2. The van der Waals surface area contributed by atoms with E-state index < -0.39 is 30.0 Å². The number of phenolic OH excluding ortho intramolecular Hbond substituents is 1. The van der Waals surface area contributed by atoms with Crippen molar-refractivity contribution in [2.75, 3.05) is 6.61 Å². The zero-order chi connectivity index (χ0) is 16.3. The van der Waals surface area contributed by atoms with Gasteiger partial charge in [-0.2, -0.15) is 0 Å². The first-order valence-corrected chi connectivity index (χ1v) is 6.33. The lowest BCUT2D eigenvalue weighted by molar-refractivity contribution is 0.0474. The molecule has 2 aromatic carbocycles. The number of hydrogen-bond acceptors (Lipinski definition) is 4. The van der Waals surface area contributed by atoms with Crippen molar-refractivity contribution in [2.24, 2.45) is 0 Å². The van der Waals surface area contributed by atoms with Crippen molar-refractivity contribution in [1.29, 1.82) is 0 Å². The van der Waals surface area contributed by atoms with Gasteiger partial charge in [0.05, 0.1) is 5.56 Å². The van der Waals surface area contributed by atoms with E-state index in [1.54, 1.807) is 6.92 Å². The third-order valence-electron chi connectivity index (χ3n) is 3.02. The molecule has 2 rings (SSSR count). The Labute approximate surface area is 125 Å². The van der Waals surface area contributed by atoms with Gasteiger partial charge in [-0.3, -0.25) is 4.79 Å². The molecule has 0 bridgehead atoms. The highest BCUT2D eigenvalue weighted by Gasteiger charge is 2.14. The first-order valence-electron chi connectivity index (χ1n) is 6.33. The highest BCUT2D eigenvalue weighted by molar-refractivity contribution is 5.99. The maximum atomic E-state index is 13.0. The first-order chi connectivity index (χ1) is 10.4. The Morgan fingerprint density at radius 3 is 2.36 bits per heavy atom. The highest BCUT2D eigenvalue weighted by Crippen LogP contribution is 2.18. The van der Waals surface area contributed by atoms with Gasteiger partial charge in [0.2, 0.25) is 0 Å². The number of aryl methyl sites for hydroxylation is 1. The van der Waals surface area contributed by atoms with Crippen LogP contribution in [0.5, 0.6) is 5.75 Å². The van der Waals surface area contributed by atoms with Crippen LogP contribution in [0.4, 0.5) is 8.78 Å². The summed E-state index contributed by atoms with van der Waals surface area (Å²) in [5.74, 6) is -3.75. The highest BCUT2D eigenvalue weighted by atomic mass is 19.2. The minimum atomic E-state index is -1.15. The molecule has 0 aliphatic rings. The molecule has 0 aliphatic carbocycles. The topological polar surface area (TPSA) is 63.6 Å². The summed E-state index contributed by atoms with van der Waals surface area (Å²) in [4.78, 5) is 23.5. The van der Waals surface area contributed by atoms with E-state index in [1.807, 2.05) is 0 Å². The SMILES string of the molecule is Cc1ccc(C(=O)OCC(=O)c2ccc(F)c(F)c2)cc1O. The maximum Gasteiger partial charge on any atom is 0.338 e. The third kappa shape index (κ3) is 3.46. The van der Waals surface area contributed by atoms with Crippen LogP contribution in [0.15, 0.2) is 36.4 Å². The second-order valence-electron chi connectivity index (χ2n) is 4.63. The van der Waals surface area contributed by atoms with E-state index in [2.05, 4.69) is 0 Å². The Hall–Kier alpha value is -2.76. The molecule has 0 atom stereocenters. The average Bonchev–Trinajstić information content (AvgIpc) is 2.50. The van der Waals surface area contributed by atoms with Crippen LogP contribution in [0.3, 0.4) is 0 Å². The first kappa shape index (κ1) is 15.6. The summed E-state index contributed by atoms with van der Waals surface area (Å²) in [6.45, 7) is 1.05. The molecule has 0 heterocycles. The number of aromatic hydroxyl groups is 1. The number of Topliss-reactive ketones (excluding diaryl/α,β-unsaturated/α-hetero) is 1. The molecule has 4 nitrogen and oxygen atoms in total. The van der Waals surface area contributed by atoms with Crippen molar-refractivity contribution in [3.05, 3.63) is 64.7 Å². The molecule has 0 saturated heterocycles. The van der Waals surface area contributed by atoms with Crippen LogP contribution in [0.25, 0.3) is 0 Å². The fraction of sp³-hybridized carbons (Fsp3) is 0.125. The van der Waals surface area contributed by atoms with E-state index in [-0.39, 0.29) is 16.9 Å². The van der Waals surface area contributed by atoms with Crippen LogP contribution in [-0.2, 0) is 4.74 Å². The van der Waals surface area contributed by atoms with Crippen molar-refractivity contribution in [3.63, 3.8) is 0 Å². The molecule has 6 heteroatoms. The molecular formula is C16H12F2O4. The van der Waals surface area contributed by atoms with Gasteiger partial charge in [0.25, 0.3) is 0 Å². The largest absolute Gasteiger partial charge is 0.508 e. The zero-order valence-corrected chi connectivity index (χ0v) is 11.6. The molecular weight excluding hydrogens is 294 g/mol. The number of phenols is 1. The van der Waals surface area contributed by atoms with Crippen molar-refractivity contribution >= 4 is 11.8 Å². The summed E-state index contributed by atoms with van der Waals surface area (Å²) < 4.78 is 30.6. The van der Waals surface area contributed by atoms with Gasteiger partial charge in [0.15, 0.2) is 24.0 Å². The third-order valence-corrected chi connectivity index (χ3v) is 3.02. The number of carbonyl (C=O) groups is 2. The van der Waals surface area contributed by atoms with Crippen molar-refractivity contribution in [1.82, 2.24) is 0 Å². The molecule has 0 amide bonds. The van der Waals surface area contributed by atoms with Gasteiger partial charge in [-0.25, -0.2) is 13.6 Å². The number of rotatable bonds is 4. The second kappa shape index (κ2) is 6.34. The second-order valence-corrected chi connectivity index (χ2v) is 4.63. The molecule has 2 aromatic rings. The van der Waals surface area contributed by atoms with Gasteiger partial charge in [-0.15, -0.1) is 0 Å². The van der Waals surface area contributed by atoms with Gasteiger partial charge in [-0.05, 0) is 42.8 Å². The predicted molar refractivity (Wildman–Crippen MR) is 73.8 cm³/mol. The average molecular weight is 306 g/mol. The molecule has 114 valence electrons. The summed E-state index contributed by atoms with van der Waals surface area (Å²) in [5.41, 5.74) is 0.578. The fourth-order valence-corrected chi connectivity index (χ4v) is 1.70. The number of halogens is 2. The smallest absolute Gasteiger partial charge is 0.338 e. The van der Waals surface area contributed by atoms with Crippen LogP contribution in [0, 0.1) is 18.6 Å². The maximum absolute atomic E-state index is 13.0. The van der Waals surface area contributed by atoms with Crippen LogP contribution in [0.1, 0.15) is 26.3 Å². The Bertz CT molecular complexity index is 677. The van der Waals surface area contributed by atoms with Crippen LogP contribution >= 0.6 is 0 Å². The summed E-state index contributed by atoms with van der Waals surface area (Å²) in [6.07, 6.45) is 0. The molecule has 0 fully saturated rings. The quantitative estimate of drug-likeness (QED) is 0.696. The summed E-state index contributed by atoms with van der Waals surface area (Å²) in [7, 11) is 0. The minimum absolute atomic E-state index is 0.0682. The number of esters is 1. The number of hydrogen-bond donors (Lipinski definition) is 1. The predicted octanol–water partition coefficient (Wildman–Crippen LogP) is 3.02.